The number of nitrogens with one attached hydrogen (secondary N) is 1. The zero-order valence-corrected chi connectivity index (χ0v) is 28.1. The summed E-state index contributed by atoms with van der Waals surface area (Å²) >= 11 is 0. The Balaban J connectivity index is 1.44. The monoisotopic (exact) mass is 682 g/mol. The second kappa shape index (κ2) is 14.1. The van der Waals surface area contributed by atoms with Crippen molar-refractivity contribution in [2.75, 3.05) is 14.2 Å². The Morgan fingerprint density at radius 3 is 2.56 bits per heavy atom. The number of aryl methyl sites for hydroxylation is 3. The SMILES string of the molecule is CCCn1nc(C)c(OCc2ccccc2)c1-c1nc(-c2c(F)c(C(=O)NCc3ccc(OC)cc3OC)n3cc(C)ncc23)c(C(=O)O)o1. The van der Waals surface area contributed by atoms with Crippen LogP contribution in [-0.2, 0) is 19.7 Å². The second-order valence-corrected chi connectivity index (χ2v) is 11.4. The van der Waals surface area contributed by atoms with Crippen molar-refractivity contribution in [2.45, 2.75) is 46.9 Å². The summed E-state index contributed by atoms with van der Waals surface area (Å²) in [6, 6.07) is 14.6. The van der Waals surface area contributed by atoms with Gasteiger partial charge in [0.2, 0.25) is 11.7 Å². The highest BCUT2D eigenvalue weighted by molar-refractivity contribution is 6.01. The Morgan fingerprint density at radius 2 is 1.86 bits per heavy atom. The standard InChI is InChI=1S/C36H35FN6O7/c1-6-14-43-31(32(21(3)41-43)49-19-22-10-8-7-9-11-22)35-40-29(33(50-35)36(45)46)27-25-17-38-20(2)18-42(25)30(28(27)37)34(44)39-16-23-12-13-24(47-4)15-26(23)48-5/h7-13,15,17-18H,6,14,16,19H2,1-5H3,(H,39,44)(H,45,46). The van der Waals surface area contributed by atoms with Gasteiger partial charge in [-0.25, -0.2) is 14.2 Å². The molecule has 258 valence electrons. The highest BCUT2D eigenvalue weighted by atomic mass is 19.1. The zero-order valence-electron chi connectivity index (χ0n) is 28.1. The number of oxazole rings is 1. The summed E-state index contributed by atoms with van der Waals surface area (Å²) in [6.45, 7) is 6.06. The van der Waals surface area contributed by atoms with E-state index in [9.17, 15) is 14.7 Å². The van der Waals surface area contributed by atoms with Gasteiger partial charge in [0.25, 0.3) is 5.91 Å². The molecule has 13 nitrogen and oxygen atoms in total. The molecule has 50 heavy (non-hydrogen) atoms. The number of methoxy groups -OCH3 is 2. The van der Waals surface area contributed by atoms with Gasteiger partial charge in [-0.3, -0.25) is 14.5 Å². The molecule has 14 heteroatoms. The van der Waals surface area contributed by atoms with E-state index in [1.807, 2.05) is 37.3 Å². The molecule has 0 aliphatic heterocycles. The van der Waals surface area contributed by atoms with Crippen molar-refractivity contribution in [1.29, 1.82) is 0 Å². The van der Waals surface area contributed by atoms with Gasteiger partial charge in [-0.1, -0.05) is 37.3 Å². The summed E-state index contributed by atoms with van der Waals surface area (Å²) < 4.78 is 42.4. The van der Waals surface area contributed by atoms with Crippen molar-refractivity contribution in [3.8, 4) is 40.1 Å². The first-order valence-electron chi connectivity index (χ1n) is 15.8. The van der Waals surface area contributed by atoms with Gasteiger partial charge in [0.1, 0.15) is 35.2 Å². The van der Waals surface area contributed by atoms with Gasteiger partial charge in [-0.05, 0) is 38.0 Å². The maximum Gasteiger partial charge on any atom is 0.374 e. The second-order valence-electron chi connectivity index (χ2n) is 11.4. The number of rotatable bonds is 13. The predicted octanol–water partition coefficient (Wildman–Crippen LogP) is 6.24. The molecule has 0 radical (unpaired) electrons. The molecule has 0 unspecified atom stereocenters. The van der Waals surface area contributed by atoms with Gasteiger partial charge >= 0.3 is 5.97 Å². The van der Waals surface area contributed by atoms with Crippen LogP contribution in [-0.4, -0.2) is 55.4 Å². The van der Waals surface area contributed by atoms with Crippen LogP contribution in [0.25, 0.3) is 28.4 Å². The normalized spacial score (nSPS) is 11.2. The van der Waals surface area contributed by atoms with Crippen LogP contribution in [0, 0.1) is 19.7 Å². The maximum absolute atomic E-state index is 16.7. The number of carbonyl (C=O) groups excluding carboxylic acids is 1. The fraction of sp³-hybridized carbons (Fsp3) is 0.250. The molecule has 2 aromatic carbocycles. The first-order chi connectivity index (χ1) is 24.1. The summed E-state index contributed by atoms with van der Waals surface area (Å²) in [5.41, 5.74) is 2.02. The number of carbonyl (C=O) groups is 2. The lowest BCUT2D eigenvalue weighted by Crippen LogP contribution is -2.25. The fourth-order valence-electron chi connectivity index (χ4n) is 5.70. The van der Waals surface area contributed by atoms with Crippen LogP contribution in [0.1, 0.15) is 56.9 Å². The maximum atomic E-state index is 16.7. The average molecular weight is 683 g/mol. The van der Waals surface area contributed by atoms with Crippen LogP contribution in [0.3, 0.4) is 0 Å². The molecule has 0 atom stereocenters. The number of amides is 1. The average Bonchev–Trinajstić information content (AvgIpc) is 3.76. The number of carboxylic acids is 1. The number of carboxylic acid groups (broad SMARTS) is 1. The number of ether oxygens (including phenoxy) is 3. The van der Waals surface area contributed by atoms with Crippen LogP contribution < -0.4 is 19.5 Å². The molecule has 0 spiro atoms. The number of nitrogens with zero attached hydrogens (tertiary/aromatic N) is 5. The molecular weight excluding hydrogens is 647 g/mol. The topological polar surface area (TPSA) is 155 Å². The molecule has 2 N–H and O–H groups in total. The van der Waals surface area contributed by atoms with E-state index in [2.05, 4.69) is 20.4 Å². The number of aromatic carboxylic acids is 1. The molecule has 0 saturated heterocycles. The van der Waals surface area contributed by atoms with E-state index in [0.29, 0.717) is 52.9 Å². The number of hydrogen-bond acceptors (Lipinski definition) is 9. The van der Waals surface area contributed by atoms with E-state index < -0.39 is 23.5 Å². The first kappa shape index (κ1) is 33.7. The quantitative estimate of drug-likeness (QED) is 0.143. The third kappa shape index (κ3) is 6.34. The molecule has 0 bridgehead atoms. The lowest BCUT2D eigenvalue weighted by molar-refractivity contribution is 0.0664. The summed E-state index contributed by atoms with van der Waals surface area (Å²) in [6.07, 6.45) is 3.54. The van der Waals surface area contributed by atoms with Crippen molar-refractivity contribution in [2.24, 2.45) is 0 Å². The molecule has 6 rings (SSSR count). The highest BCUT2D eigenvalue weighted by Gasteiger charge is 2.33. The number of fused-ring (bicyclic) bond motifs is 1. The van der Waals surface area contributed by atoms with Gasteiger partial charge in [0.05, 0.1) is 37.2 Å². The summed E-state index contributed by atoms with van der Waals surface area (Å²) in [7, 11) is 3.02. The minimum atomic E-state index is -1.49. The Kier molecular flexibility index (Phi) is 9.52. The first-order valence-corrected chi connectivity index (χ1v) is 15.8. The zero-order chi connectivity index (χ0) is 35.5. The van der Waals surface area contributed by atoms with Crippen LogP contribution in [0.15, 0.2) is 65.3 Å². The Morgan fingerprint density at radius 1 is 1.08 bits per heavy atom. The number of benzene rings is 2. The van der Waals surface area contributed by atoms with Crippen LogP contribution in [0.4, 0.5) is 4.39 Å². The van der Waals surface area contributed by atoms with Gasteiger partial charge in [-0.2, -0.15) is 5.10 Å². The van der Waals surface area contributed by atoms with E-state index in [4.69, 9.17) is 18.6 Å². The van der Waals surface area contributed by atoms with E-state index in [0.717, 1.165) is 5.56 Å². The van der Waals surface area contributed by atoms with Crippen LogP contribution in [0.2, 0.25) is 0 Å². The number of aromatic nitrogens is 5. The summed E-state index contributed by atoms with van der Waals surface area (Å²) in [5.74, 6) is -2.63. The lowest BCUT2D eigenvalue weighted by atomic mass is 10.1. The molecule has 0 aliphatic rings. The minimum absolute atomic E-state index is 0.000908. The van der Waals surface area contributed by atoms with E-state index in [-0.39, 0.29) is 41.5 Å². The van der Waals surface area contributed by atoms with Crippen molar-refractivity contribution < 1.29 is 37.7 Å². The minimum Gasteiger partial charge on any atom is -0.497 e. The van der Waals surface area contributed by atoms with E-state index in [1.165, 1.54) is 31.0 Å². The molecule has 0 saturated carbocycles. The van der Waals surface area contributed by atoms with Gasteiger partial charge < -0.3 is 33.5 Å². The van der Waals surface area contributed by atoms with Crippen LogP contribution in [0.5, 0.6) is 17.2 Å². The molecule has 4 aromatic heterocycles. The van der Waals surface area contributed by atoms with Crippen molar-refractivity contribution in [3.63, 3.8) is 0 Å². The third-order valence-corrected chi connectivity index (χ3v) is 8.03. The van der Waals surface area contributed by atoms with E-state index in [1.54, 1.807) is 36.7 Å². The molecular formula is C36H35FN6O7. The smallest absolute Gasteiger partial charge is 0.374 e. The third-order valence-electron chi connectivity index (χ3n) is 8.03. The molecule has 0 aliphatic carbocycles. The van der Waals surface area contributed by atoms with E-state index >= 15 is 4.39 Å². The summed E-state index contributed by atoms with van der Waals surface area (Å²) in [4.78, 5) is 35.2. The summed E-state index contributed by atoms with van der Waals surface area (Å²) in [5, 5.41) is 17.6. The Bertz CT molecular complexity index is 2210. The number of halogens is 1. The van der Waals surface area contributed by atoms with Gasteiger partial charge in [-0.15, -0.1) is 0 Å². The predicted molar refractivity (Wildman–Crippen MR) is 180 cm³/mol. The highest BCUT2D eigenvalue weighted by Crippen LogP contribution is 2.40. The van der Waals surface area contributed by atoms with Crippen molar-refractivity contribution in [3.05, 3.63) is 101 Å². The van der Waals surface area contributed by atoms with Crippen molar-refractivity contribution in [1.82, 2.24) is 29.5 Å². The Hall–Kier alpha value is -6.18. The molecule has 0 fully saturated rings. The van der Waals surface area contributed by atoms with Gasteiger partial charge in [0, 0.05) is 30.9 Å². The number of hydrogen-bond donors (Lipinski definition) is 2. The largest absolute Gasteiger partial charge is 0.497 e. The lowest BCUT2D eigenvalue weighted by Gasteiger charge is -2.11. The Labute approximate surface area is 286 Å². The molecule has 4 heterocycles. The van der Waals surface area contributed by atoms with Crippen LogP contribution >= 0.6 is 0 Å². The molecule has 6 aromatic rings. The fourth-order valence-corrected chi connectivity index (χ4v) is 5.70. The molecule has 1 amide bonds. The van der Waals surface area contributed by atoms with Gasteiger partial charge in [0.15, 0.2) is 17.3 Å². The van der Waals surface area contributed by atoms with Crippen molar-refractivity contribution >= 4 is 17.4 Å².